The van der Waals surface area contributed by atoms with E-state index in [4.69, 9.17) is 11.6 Å². The summed E-state index contributed by atoms with van der Waals surface area (Å²) < 4.78 is 2.23. The molecular formula is C20H27ClN2O. The number of carbonyl (C=O) groups excluding carboxylic acids is 1. The van der Waals surface area contributed by atoms with Gasteiger partial charge < -0.3 is 9.88 Å². The molecule has 1 aromatic carbocycles. The lowest BCUT2D eigenvalue weighted by Crippen LogP contribution is -2.27. The van der Waals surface area contributed by atoms with E-state index in [0.717, 1.165) is 34.9 Å². The Bertz CT molecular complexity index is 708. The van der Waals surface area contributed by atoms with Crippen LogP contribution >= 0.6 is 11.6 Å². The fourth-order valence-corrected chi connectivity index (χ4v) is 3.38. The molecule has 0 saturated carbocycles. The third-order valence-electron chi connectivity index (χ3n) is 4.19. The van der Waals surface area contributed by atoms with Gasteiger partial charge in [-0.3, -0.25) is 4.79 Å². The molecule has 0 aliphatic carbocycles. The summed E-state index contributed by atoms with van der Waals surface area (Å²) in [6.45, 7) is 11.7. The number of nitrogens with zero attached hydrogens (tertiary/aromatic N) is 1. The number of nitrogens with one attached hydrogen (secondary N) is 1. The molecule has 2 aromatic rings. The van der Waals surface area contributed by atoms with Crippen molar-refractivity contribution in [3.8, 4) is 0 Å². The number of carbonyl (C=O) groups is 1. The molecule has 0 aliphatic heterocycles. The molecule has 0 spiro atoms. The Balaban J connectivity index is 1.92. The lowest BCUT2D eigenvalue weighted by molar-refractivity contribution is 0.0990. The van der Waals surface area contributed by atoms with Crippen molar-refractivity contribution >= 4 is 17.4 Å². The van der Waals surface area contributed by atoms with Crippen LogP contribution in [-0.2, 0) is 12.0 Å². The van der Waals surface area contributed by atoms with Crippen molar-refractivity contribution in [2.75, 3.05) is 13.1 Å². The van der Waals surface area contributed by atoms with Crippen molar-refractivity contribution in [1.29, 1.82) is 0 Å². The van der Waals surface area contributed by atoms with E-state index in [9.17, 15) is 4.79 Å². The minimum Gasteiger partial charge on any atom is -0.343 e. The molecule has 0 bridgehead atoms. The fourth-order valence-electron chi connectivity index (χ4n) is 3.26. The van der Waals surface area contributed by atoms with E-state index in [0.29, 0.717) is 6.54 Å². The molecule has 0 fully saturated rings. The third kappa shape index (κ3) is 4.49. The predicted molar refractivity (Wildman–Crippen MR) is 101 cm³/mol. The topological polar surface area (TPSA) is 34.0 Å². The second-order valence-corrected chi connectivity index (χ2v) is 7.70. The van der Waals surface area contributed by atoms with Crippen molar-refractivity contribution in [3.63, 3.8) is 0 Å². The first kappa shape index (κ1) is 18.8. The van der Waals surface area contributed by atoms with Gasteiger partial charge in [-0.25, -0.2) is 0 Å². The van der Waals surface area contributed by atoms with E-state index in [2.05, 4.69) is 37.6 Å². The molecule has 1 aromatic heterocycles. The summed E-state index contributed by atoms with van der Waals surface area (Å²) in [5.41, 5.74) is 4.19. The van der Waals surface area contributed by atoms with Gasteiger partial charge in [0, 0.05) is 27.5 Å². The monoisotopic (exact) mass is 346 g/mol. The first-order chi connectivity index (χ1) is 11.2. The Morgan fingerprint density at radius 1 is 1.17 bits per heavy atom. The highest BCUT2D eigenvalue weighted by molar-refractivity contribution is 6.30. The van der Waals surface area contributed by atoms with Crippen LogP contribution in [0.4, 0.5) is 0 Å². The maximum atomic E-state index is 12.5. The minimum absolute atomic E-state index is 0.0191. The Morgan fingerprint density at radius 2 is 1.79 bits per heavy atom. The lowest BCUT2D eigenvalue weighted by Gasteiger charge is -2.25. The van der Waals surface area contributed by atoms with Gasteiger partial charge in [-0.2, -0.15) is 0 Å². The van der Waals surface area contributed by atoms with Gasteiger partial charge in [0.15, 0.2) is 5.78 Å². The second-order valence-electron chi connectivity index (χ2n) is 7.27. The number of hydrogen-bond acceptors (Lipinski definition) is 2. The van der Waals surface area contributed by atoms with Crippen LogP contribution in [0.1, 0.15) is 48.1 Å². The van der Waals surface area contributed by atoms with E-state index in [1.807, 2.05) is 37.3 Å². The van der Waals surface area contributed by atoms with Crippen LogP contribution in [0, 0.1) is 13.8 Å². The third-order valence-corrected chi connectivity index (χ3v) is 4.44. The molecule has 130 valence electrons. The van der Waals surface area contributed by atoms with Crippen molar-refractivity contribution in [2.24, 2.45) is 0 Å². The standard InChI is InChI=1S/C20H27ClN2O/c1-14-12-18(15(2)23(14)20(3,4)5)19(24)13-22-11-10-16-6-8-17(21)9-7-16/h6-9,12,22H,10-11,13H2,1-5H3. The largest absolute Gasteiger partial charge is 0.343 e. The first-order valence-electron chi connectivity index (χ1n) is 8.38. The summed E-state index contributed by atoms with van der Waals surface area (Å²) in [5, 5.41) is 4.00. The predicted octanol–water partition coefficient (Wildman–Crippen LogP) is 4.53. The number of aryl methyl sites for hydroxylation is 1. The van der Waals surface area contributed by atoms with E-state index >= 15 is 0 Å². The van der Waals surface area contributed by atoms with Crippen LogP contribution in [0.25, 0.3) is 0 Å². The summed E-state index contributed by atoms with van der Waals surface area (Å²) >= 11 is 5.88. The number of ketones is 1. The van der Waals surface area contributed by atoms with E-state index < -0.39 is 0 Å². The maximum Gasteiger partial charge on any atom is 0.178 e. The number of aromatic nitrogens is 1. The molecule has 4 heteroatoms. The zero-order valence-corrected chi connectivity index (χ0v) is 16.0. The molecule has 0 amide bonds. The lowest BCUT2D eigenvalue weighted by atomic mass is 10.1. The number of rotatable bonds is 6. The van der Waals surface area contributed by atoms with E-state index in [1.165, 1.54) is 5.56 Å². The van der Waals surface area contributed by atoms with Gasteiger partial charge in [0.1, 0.15) is 0 Å². The van der Waals surface area contributed by atoms with Gasteiger partial charge in [0.25, 0.3) is 0 Å². The SMILES string of the molecule is Cc1cc(C(=O)CNCCc2ccc(Cl)cc2)c(C)n1C(C)(C)C. The van der Waals surface area contributed by atoms with Crippen LogP contribution in [-0.4, -0.2) is 23.4 Å². The molecule has 0 atom stereocenters. The quantitative estimate of drug-likeness (QED) is 0.616. The highest BCUT2D eigenvalue weighted by Gasteiger charge is 2.22. The maximum absolute atomic E-state index is 12.5. The van der Waals surface area contributed by atoms with Crippen LogP contribution in [0.15, 0.2) is 30.3 Å². The van der Waals surface area contributed by atoms with Gasteiger partial charge in [0.05, 0.1) is 6.54 Å². The summed E-state index contributed by atoms with van der Waals surface area (Å²) in [7, 11) is 0. The molecule has 3 nitrogen and oxygen atoms in total. The first-order valence-corrected chi connectivity index (χ1v) is 8.75. The van der Waals surface area contributed by atoms with Gasteiger partial charge in [0.2, 0.25) is 0 Å². The zero-order valence-electron chi connectivity index (χ0n) is 15.2. The second kappa shape index (κ2) is 7.54. The Labute approximate surface area is 150 Å². The summed E-state index contributed by atoms with van der Waals surface area (Å²) in [5.74, 6) is 0.148. The number of benzene rings is 1. The summed E-state index contributed by atoms with van der Waals surface area (Å²) in [6.07, 6.45) is 0.880. The molecule has 0 radical (unpaired) electrons. The molecule has 2 rings (SSSR count). The Hall–Kier alpha value is -1.58. The molecule has 1 N–H and O–H groups in total. The van der Waals surface area contributed by atoms with E-state index in [1.54, 1.807) is 0 Å². The fraction of sp³-hybridized carbons (Fsp3) is 0.450. The van der Waals surface area contributed by atoms with Crippen molar-refractivity contribution < 1.29 is 4.79 Å². The van der Waals surface area contributed by atoms with Crippen molar-refractivity contribution in [1.82, 2.24) is 9.88 Å². The highest BCUT2D eigenvalue weighted by atomic mass is 35.5. The average molecular weight is 347 g/mol. The van der Waals surface area contributed by atoms with Crippen LogP contribution in [0.5, 0.6) is 0 Å². The van der Waals surface area contributed by atoms with E-state index in [-0.39, 0.29) is 11.3 Å². The molecule has 0 aliphatic rings. The molecule has 0 saturated heterocycles. The van der Waals surface area contributed by atoms with Crippen molar-refractivity contribution in [3.05, 3.63) is 57.9 Å². The minimum atomic E-state index is -0.0191. The zero-order chi connectivity index (χ0) is 17.9. The Morgan fingerprint density at radius 3 is 2.33 bits per heavy atom. The van der Waals surface area contributed by atoms with Gasteiger partial charge in [-0.05, 0) is 71.3 Å². The smallest absolute Gasteiger partial charge is 0.178 e. The molecule has 24 heavy (non-hydrogen) atoms. The highest BCUT2D eigenvalue weighted by Crippen LogP contribution is 2.24. The summed E-state index contributed by atoms with van der Waals surface area (Å²) in [6, 6.07) is 9.82. The van der Waals surface area contributed by atoms with Crippen LogP contribution in [0.3, 0.4) is 0 Å². The average Bonchev–Trinajstić information content (AvgIpc) is 2.80. The van der Waals surface area contributed by atoms with Crippen molar-refractivity contribution in [2.45, 2.75) is 46.6 Å². The Kier molecular flexibility index (Phi) is 5.89. The molecule has 1 heterocycles. The van der Waals surface area contributed by atoms with Gasteiger partial charge in [-0.1, -0.05) is 23.7 Å². The summed E-state index contributed by atoms with van der Waals surface area (Å²) in [4.78, 5) is 12.5. The van der Waals surface area contributed by atoms with Gasteiger partial charge >= 0.3 is 0 Å². The van der Waals surface area contributed by atoms with Crippen LogP contribution < -0.4 is 5.32 Å². The van der Waals surface area contributed by atoms with Crippen LogP contribution in [0.2, 0.25) is 5.02 Å². The molecule has 0 unspecified atom stereocenters. The number of Topliss-reactive ketones (excluding diaryl/α,β-unsaturated/α-hetero) is 1. The normalized spacial score (nSPS) is 11.8. The molecular weight excluding hydrogens is 320 g/mol. The van der Waals surface area contributed by atoms with Gasteiger partial charge in [-0.15, -0.1) is 0 Å². The number of halogens is 1. The number of hydrogen-bond donors (Lipinski definition) is 1.